The van der Waals surface area contributed by atoms with E-state index in [0.717, 1.165) is 0 Å². The van der Waals surface area contributed by atoms with Gasteiger partial charge >= 0.3 is 0 Å². The molecule has 0 aliphatic carbocycles. The van der Waals surface area contributed by atoms with Crippen LogP contribution in [0.25, 0.3) is 0 Å². The molecule has 0 radical (unpaired) electrons. The molecule has 0 fully saturated rings. The van der Waals surface area contributed by atoms with Gasteiger partial charge in [0.25, 0.3) is 11.5 Å². The predicted octanol–water partition coefficient (Wildman–Crippen LogP) is 1.99. The van der Waals surface area contributed by atoms with Crippen molar-refractivity contribution in [2.75, 3.05) is 19.4 Å². The van der Waals surface area contributed by atoms with Gasteiger partial charge in [-0.15, -0.1) is 0 Å². The summed E-state index contributed by atoms with van der Waals surface area (Å²) in [6.45, 7) is 0. The van der Waals surface area contributed by atoms with Gasteiger partial charge in [-0.3, -0.25) is 9.59 Å². The molecule has 1 aromatic carbocycles. The van der Waals surface area contributed by atoms with Gasteiger partial charge < -0.3 is 14.8 Å². The van der Waals surface area contributed by atoms with E-state index in [9.17, 15) is 9.59 Å². The summed E-state index contributed by atoms with van der Waals surface area (Å²) in [5.74, 6) is 0.0927. The van der Waals surface area contributed by atoms with Gasteiger partial charge in [-0.25, -0.2) is 4.98 Å². The Labute approximate surface area is 130 Å². The number of anilines is 2. The molecule has 110 valence electrons. The summed E-state index contributed by atoms with van der Waals surface area (Å²) in [7, 11) is 5.02. The maximum absolute atomic E-state index is 12.0. The van der Waals surface area contributed by atoms with Crippen molar-refractivity contribution < 1.29 is 4.79 Å². The summed E-state index contributed by atoms with van der Waals surface area (Å²) < 4.78 is 1.97. The van der Waals surface area contributed by atoms with Crippen LogP contribution in [-0.4, -0.2) is 34.5 Å². The lowest BCUT2D eigenvalue weighted by Crippen LogP contribution is -2.22. The van der Waals surface area contributed by atoms with E-state index in [4.69, 9.17) is 0 Å². The molecule has 0 atom stereocenters. The molecule has 0 unspecified atom stereocenters. The van der Waals surface area contributed by atoms with E-state index in [2.05, 4.69) is 26.2 Å². The predicted molar refractivity (Wildman–Crippen MR) is 84.9 cm³/mol. The van der Waals surface area contributed by atoms with Crippen molar-refractivity contribution in [1.29, 1.82) is 0 Å². The van der Waals surface area contributed by atoms with Crippen molar-refractivity contribution in [1.82, 2.24) is 14.5 Å². The number of rotatable bonds is 3. The molecular formula is C14H15BrN4O2. The molecule has 0 saturated heterocycles. The molecule has 0 spiro atoms. The number of amides is 1. The van der Waals surface area contributed by atoms with Gasteiger partial charge in [0.05, 0.1) is 0 Å². The van der Waals surface area contributed by atoms with Crippen LogP contribution < -0.4 is 10.9 Å². The Morgan fingerprint density at radius 2 is 2.10 bits per heavy atom. The number of halogens is 1. The average Bonchev–Trinajstić information content (AvgIpc) is 2.43. The van der Waals surface area contributed by atoms with Crippen molar-refractivity contribution >= 4 is 33.3 Å². The lowest BCUT2D eigenvalue weighted by Gasteiger charge is -2.12. The Bertz CT molecular complexity index is 740. The first-order valence-electron chi connectivity index (χ1n) is 6.20. The monoisotopic (exact) mass is 350 g/mol. The van der Waals surface area contributed by atoms with Crippen LogP contribution in [0, 0.1) is 0 Å². The maximum Gasteiger partial charge on any atom is 0.293 e. The van der Waals surface area contributed by atoms with E-state index in [0.29, 0.717) is 15.9 Å². The van der Waals surface area contributed by atoms with E-state index >= 15 is 0 Å². The van der Waals surface area contributed by atoms with Crippen LogP contribution in [-0.2, 0) is 7.05 Å². The Morgan fingerprint density at radius 1 is 1.38 bits per heavy atom. The molecule has 1 amide bonds. The fraction of sp³-hybridized carbons (Fsp3) is 0.214. The van der Waals surface area contributed by atoms with Crippen LogP contribution in [0.15, 0.2) is 39.9 Å². The first-order chi connectivity index (χ1) is 9.88. The van der Waals surface area contributed by atoms with Crippen molar-refractivity contribution in [2.45, 2.75) is 0 Å². The molecular weight excluding hydrogens is 336 g/mol. The molecule has 7 heteroatoms. The van der Waals surface area contributed by atoms with Gasteiger partial charge in [0.15, 0.2) is 5.82 Å². The van der Waals surface area contributed by atoms with Crippen molar-refractivity contribution in [3.8, 4) is 0 Å². The topological polar surface area (TPSA) is 67.2 Å². The number of benzene rings is 1. The minimum Gasteiger partial charge on any atom is -0.345 e. The normalized spacial score (nSPS) is 10.3. The third-order valence-electron chi connectivity index (χ3n) is 2.82. The number of aryl methyl sites for hydroxylation is 1. The molecule has 21 heavy (non-hydrogen) atoms. The fourth-order valence-electron chi connectivity index (χ4n) is 1.78. The number of nitrogens with zero attached hydrogens (tertiary/aromatic N) is 3. The third kappa shape index (κ3) is 3.49. The third-order valence-corrected chi connectivity index (χ3v) is 3.20. The highest BCUT2D eigenvalue weighted by atomic mass is 79.9. The quantitative estimate of drug-likeness (QED) is 0.919. The minimum atomic E-state index is -0.248. The molecule has 0 aliphatic rings. The number of carbonyl (C=O) groups is 1. The standard InChI is InChI=1S/C14H15BrN4O2/c1-18(2)13(20)9-5-4-6-10(7-9)16-12-14(21)19(3)8-11(15)17-12/h4-8H,1-3H3,(H,16,17). The molecule has 1 heterocycles. The zero-order valence-electron chi connectivity index (χ0n) is 11.9. The summed E-state index contributed by atoms with van der Waals surface area (Å²) in [5, 5.41) is 2.94. The minimum absolute atomic E-state index is 0.103. The van der Waals surface area contributed by atoms with Crippen molar-refractivity contribution in [2.24, 2.45) is 7.05 Å². The van der Waals surface area contributed by atoms with E-state index in [-0.39, 0.29) is 17.3 Å². The molecule has 1 N–H and O–H groups in total. The smallest absolute Gasteiger partial charge is 0.293 e. The maximum atomic E-state index is 12.0. The van der Waals surface area contributed by atoms with Gasteiger partial charge in [-0.05, 0) is 34.1 Å². The Morgan fingerprint density at radius 3 is 2.76 bits per heavy atom. The number of aromatic nitrogens is 2. The van der Waals surface area contributed by atoms with Gasteiger partial charge in [0, 0.05) is 38.6 Å². The van der Waals surface area contributed by atoms with Gasteiger partial charge in [-0.1, -0.05) is 6.07 Å². The molecule has 0 saturated carbocycles. The highest BCUT2D eigenvalue weighted by Gasteiger charge is 2.10. The fourth-order valence-corrected chi connectivity index (χ4v) is 2.26. The Hall–Kier alpha value is -2.15. The average molecular weight is 351 g/mol. The zero-order chi connectivity index (χ0) is 15.6. The van der Waals surface area contributed by atoms with Crippen LogP contribution >= 0.6 is 15.9 Å². The summed E-state index contributed by atoms with van der Waals surface area (Å²) in [4.78, 5) is 29.5. The van der Waals surface area contributed by atoms with Crippen LogP contribution in [0.4, 0.5) is 11.5 Å². The number of carbonyl (C=O) groups excluding carboxylic acids is 1. The Balaban J connectivity index is 2.35. The highest BCUT2D eigenvalue weighted by Crippen LogP contribution is 2.16. The first-order valence-corrected chi connectivity index (χ1v) is 6.99. The number of nitrogens with one attached hydrogen (secondary N) is 1. The summed E-state index contributed by atoms with van der Waals surface area (Å²) in [5.41, 5.74) is 0.921. The molecule has 0 bridgehead atoms. The number of hydrogen-bond donors (Lipinski definition) is 1. The van der Waals surface area contributed by atoms with Crippen molar-refractivity contribution in [3.63, 3.8) is 0 Å². The largest absolute Gasteiger partial charge is 0.345 e. The second-order valence-electron chi connectivity index (χ2n) is 4.73. The van der Waals surface area contributed by atoms with E-state index in [1.165, 1.54) is 9.47 Å². The highest BCUT2D eigenvalue weighted by molar-refractivity contribution is 9.10. The van der Waals surface area contributed by atoms with Crippen LogP contribution in [0.1, 0.15) is 10.4 Å². The van der Waals surface area contributed by atoms with Crippen LogP contribution in [0.5, 0.6) is 0 Å². The van der Waals surface area contributed by atoms with Crippen LogP contribution in [0.3, 0.4) is 0 Å². The van der Waals surface area contributed by atoms with Crippen LogP contribution in [0.2, 0.25) is 0 Å². The first kappa shape index (κ1) is 15.2. The van der Waals surface area contributed by atoms with Gasteiger partial charge in [0.2, 0.25) is 0 Å². The lowest BCUT2D eigenvalue weighted by molar-refractivity contribution is 0.0827. The molecule has 6 nitrogen and oxygen atoms in total. The second-order valence-corrected chi connectivity index (χ2v) is 5.55. The molecule has 1 aromatic heterocycles. The molecule has 2 rings (SSSR count). The Kier molecular flexibility index (Phi) is 4.42. The summed E-state index contributed by atoms with van der Waals surface area (Å²) in [6.07, 6.45) is 1.58. The second kappa shape index (κ2) is 6.09. The van der Waals surface area contributed by atoms with Gasteiger partial charge in [0.1, 0.15) is 4.60 Å². The van der Waals surface area contributed by atoms with E-state index in [1.807, 2.05) is 0 Å². The SMILES string of the molecule is CN(C)C(=O)c1cccc(Nc2nc(Br)cn(C)c2=O)c1. The molecule has 2 aromatic rings. The lowest BCUT2D eigenvalue weighted by atomic mass is 10.2. The van der Waals surface area contributed by atoms with Crippen molar-refractivity contribution in [3.05, 3.63) is 51.0 Å². The summed E-state index contributed by atoms with van der Waals surface area (Å²) in [6, 6.07) is 6.93. The van der Waals surface area contributed by atoms with Gasteiger partial charge in [-0.2, -0.15) is 0 Å². The zero-order valence-corrected chi connectivity index (χ0v) is 13.5. The summed E-state index contributed by atoms with van der Waals surface area (Å²) >= 11 is 3.25. The molecule has 0 aliphatic heterocycles. The van der Waals surface area contributed by atoms with E-state index in [1.54, 1.807) is 51.6 Å². The van der Waals surface area contributed by atoms with E-state index < -0.39 is 0 Å². The number of hydrogen-bond acceptors (Lipinski definition) is 4.